The van der Waals surface area contributed by atoms with Gasteiger partial charge in [0, 0.05) is 13.1 Å². The van der Waals surface area contributed by atoms with E-state index in [4.69, 9.17) is 0 Å². The normalized spacial score (nSPS) is 11.1. The van der Waals surface area contributed by atoms with Crippen molar-refractivity contribution in [1.82, 2.24) is 4.90 Å². The molecule has 0 aliphatic heterocycles. The highest BCUT2D eigenvalue weighted by Crippen LogP contribution is 2.22. The molecule has 0 fully saturated rings. The van der Waals surface area contributed by atoms with E-state index >= 15 is 0 Å². The van der Waals surface area contributed by atoms with Crippen molar-refractivity contribution in [3.8, 4) is 11.1 Å². The van der Waals surface area contributed by atoms with Crippen LogP contribution in [0.25, 0.3) is 11.1 Å². The van der Waals surface area contributed by atoms with E-state index in [9.17, 15) is 9.59 Å². The number of nitrogens with zero attached hydrogens (tertiary/aromatic N) is 1. The fourth-order valence-electron chi connectivity index (χ4n) is 2.98. The van der Waals surface area contributed by atoms with Crippen LogP contribution in [0.1, 0.15) is 12.0 Å². The number of benzene rings is 2. The van der Waals surface area contributed by atoms with Gasteiger partial charge in [0.05, 0.1) is 11.3 Å². The largest absolute Gasteiger partial charge is 0.381 e. The van der Waals surface area contributed by atoms with Crippen LogP contribution in [0.4, 0.5) is 5.69 Å². The zero-order chi connectivity index (χ0) is 17.6. The van der Waals surface area contributed by atoms with Gasteiger partial charge >= 0.3 is 0 Å². The van der Waals surface area contributed by atoms with Crippen molar-refractivity contribution in [2.24, 2.45) is 0 Å². The van der Waals surface area contributed by atoms with Crippen LogP contribution in [0.5, 0.6) is 0 Å². The van der Waals surface area contributed by atoms with Crippen LogP contribution in [0.2, 0.25) is 0 Å². The van der Waals surface area contributed by atoms with Crippen LogP contribution in [0.3, 0.4) is 0 Å². The Kier molecular flexibility index (Phi) is 5.41. The van der Waals surface area contributed by atoms with E-state index in [0.29, 0.717) is 17.8 Å². The van der Waals surface area contributed by atoms with E-state index in [1.54, 1.807) is 0 Å². The quantitative estimate of drug-likeness (QED) is 0.508. The summed E-state index contributed by atoms with van der Waals surface area (Å²) in [4.78, 5) is 25.9. The number of rotatable bonds is 8. The van der Waals surface area contributed by atoms with Crippen LogP contribution >= 0.6 is 0 Å². The molecular weight excluding hydrogens is 312 g/mol. The monoisotopic (exact) mass is 334 g/mol. The number of anilines is 1. The lowest BCUT2D eigenvalue weighted by molar-refractivity contribution is 0.325. The summed E-state index contributed by atoms with van der Waals surface area (Å²) in [5.41, 5.74) is 2.26. The van der Waals surface area contributed by atoms with Crippen molar-refractivity contribution in [3.05, 3.63) is 86.7 Å². The van der Waals surface area contributed by atoms with Gasteiger partial charge in [0.2, 0.25) is 10.9 Å². The topological polar surface area (TPSA) is 49.4 Å². The molecule has 0 spiro atoms. The molecule has 0 saturated carbocycles. The molecule has 0 aliphatic carbocycles. The molecule has 0 aliphatic rings. The summed E-state index contributed by atoms with van der Waals surface area (Å²) in [5.74, 6) is 0. The molecule has 0 heterocycles. The third-order valence-corrected chi connectivity index (χ3v) is 4.29. The first-order valence-corrected chi connectivity index (χ1v) is 8.52. The molecule has 0 aromatic heterocycles. The van der Waals surface area contributed by atoms with Gasteiger partial charge in [-0.15, -0.1) is 0 Å². The molecule has 0 bridgehead atoms. The van der Waals surface area contributed by atoms with Crippen LogP contribution in [-0.4, -0.2) is 25.0 Å². The number of hydrogen-bond donors (Lipinski definition) is 1. The fourth-order valence-corrected chi connectivity index (χ4v) is 2.98. The molecule has 128 valence electrons. The molecule has 4 nitrogen and oxygen atoms in total. The van der Waals surface area contributed by atoms with Crippen molar-refractivity contribution in [2.45, 2.75) is 13.0 Å². The molecule has 3 aromatic carbocycles. The Bertz CT molecular complexity index is 881. The second kappa shape index (κ2) is 7.90. The zero-order valence-corrected chi connectivity index (χ0v) is 14.4. The third kappa shape index (κ3) is 4.03. The Hall–Kier alpha value is -2.72. The Balaban J connectivity index is 1.51. The third-order valence-electron chi connectivity index (χ3n) is 4.29. The Morgan fingerprint density at radius 3 is 2.20 bits per heavy atom. The van der Waals surface area contributed by atoms with Crippen molar-refractivity contribution >= 4 is 5.69 Å². The van der Waals surface area contributed by atoms with Crippen LogP contribution in [-0.2, 0) is 6.54 Å². The summed E-state index contributed by atoms with van der Waals surface area (Å²) in [6.07, 6.45) is 0.899. The maximum absolute atomic E-state index is 11.9. The lowest BCUT2D eigenvalue weighted by atomic mass is 9.98. The smallest absolute Gasteiger partial charge is 0.250 e. The molecule has 0 radical (unpaired) electrons. The van der Waals surface area contributed by atoms with Gasteiger partial charge in [-0.3, -0.25) is 9.59 Å². The average Bonchev–Trinajstić information content (AvgIpc) is 2.65. The Morgan fingerprint density at radius 2 is 1.52 bits per heavy atom. The van der Waals surface area contributed by atoms with Gasteiger partial charge in [-0.1, -0.05) is 60.7 Å². The van der Waals surface area contributed by atoms with Gasteiger partial charge in [0.1, 0.15) is 0 Å². The molecule has 3 aromatic rings. The highest BCUT2D eigenvalue weighted by atomic mass is 16.2. The maximum atomic E-state index is 11.9. The minimum atomic E-state index is -0.406. The second-order valence-electron chi connectivity index (χ2n) is 6.28. The molecule has 0 saturated heterocycles. The van der Waals surface area contributed by atoms with Crippen molar-refractivity contribution < 1.29 is 0 Å². The molecule has 4 heteroatoms. The molecule has 3 rings (SSSR count). The second-order valence-corrected chi connectivity index (χ2v) is 6.28. The van der Waals surface area contributed by atoms with Gasteiger partial charge < -0.3 is 10.2 Å². The van der Waals surface area contributed by atoms with Gasteiger partial charge in [0.15, 0.2) is 0 Å². The maximum Gasteiger partial charge on any atom is 0.250 e. The van der Waals surface area contributed by atoms with Gasteiger partial charge in [-0.05, 0) is 31.1 Å². The molecule has 0 atom stereocenters. The molecular formula is C21H22N2O2. The van der Waals surface area contributed by atoms with Crippen molar-refractivity contribution in [2.75, 3.05) is 25.5 Å². The van der Waals surface area contributed by atoms with Crippen LogP contribution in [0, 0.1) is 0 Å². The lowest BCUT2D eigenvalue weighted by Crippen LogP contribution is -2.36. The molecule has 0 amide bonds. The first-order chi connectivity index (χ1) is 12.2. The fraction of sp³-hybridized carbons (Fsp3) is 0.238. The van der Waals surface area contributed by atoms with E-state index in [1.165, 1.54) is 5.56 Å². The lowest BCUT2D eigenvalue weighted by Gasteiger charge is -2.18. The standard InChI is InChI=1S/C21H22N2O2/c1-23(15-16-9-4-2-5-10-16)14-8-13-22-19-18(20(24)21(19)25)17-11-6-3-7-12-17/h2-7,9-12,22H,8,13-15H2,1H3. The zero-order valence-electron chi connectivity index (χ0n) is 14.4. The Labute approximate surface area is 147 Å². The predicted octanol–water partition coefficient (Wildman–Crippen LogP) is 2.88. The summed E-state index contributed by atoms with van der Waals surface area (Å²) in [5, 5.41) is 3.15. The number of nitrogens with one attached hydrogen (secondary N) is 1. The summed E-state index contributed by atoms with van der Waals surface area (Å²) in [6, 6.07) is 19.7. The predicted molar refractivity (Wildman–Crippen MR) is 103 cm³/mol. The van der Waals surface area contributed by atoms with Crippen LogP contribution in [0.15, 0.2) is 70.3 Å². The van der Waals surface area contributed by atoms with Gasteiger partial charge in [-0.2, -0.15) is 0 Å². The Morgan fingerprint density at radius 1 is 0.880 bits per heavy atom. The van der Waals surface area contributed by atoms with E-state index in [-0.39, 0.29) is 0 Å². The summed E-state index contributed by atoms with van der Waals surface area (Å²) in [7, 11) is 2.08. The highest BCUT2D eigenvalue weighted by Gasteiger charge is 2.21. The van der Waals surface area contributed by atoms with Crippen molar-refractivity contribution in [1.29, 1.82) is 0 Å². The SMILES string of the molecule is CN(CCCNc1c(-c2ccccc2)c(=O)c1=O)Cc1ccccc1. The minimum absolute atomic E-state index is 0.394. The average molecular weight is 334 g/mol. The summed E-state index contributed by atoms with van der Waals surface area (Å²) in [6.45, 7) is 2.48. The summed E-state index contributed by atoms with van der Waals surface area (Å²) < 4.78 is 0. The molecule has 0 unspecified atom stereocenters. The first-order valence-electron chi connectivity index (χ1n) is 8.52. The van der Waals surface area contributed by atoms with E-state index in [1.807, 2.05) is 48.5 Å². The minimum Gasteiger partial charge on any atom is -0.381 e. The van der Waals surface area contributed by atoms with E-state index in [0.717, 1.165) is 25.1 Å². The van der Waals surface area contributed by atoms with E-state index < -0.39 is 10.9 Å². The number of hydrogen-bond acceptors (Lipinski definition) is 4. The van der Waals surface area contributed by atoms with Gasteiger partial charge in [-0.25, -0.2) is 0 Å². The summed E-state index contributed by atoms with van der Waals surface area (Å²) >= 11 is 0. The van der Waals surface area contributed by atoms with Gasteiger partial charge in [0.25, 0.3) is 0 Å². The van der Waals surface area contributed by atoms with E-state index in [2.05, 4.69) is 29.4 Å². The van der Waals surface area contributed by atoms with Crippen LogP contribution < -0.4 is 16.2 Å². The molecule has 1 N–H and O–H groups in total. The highest BCUT2D eigenvalue weighted by molar-refractivity contribution is 5.81. The van der Waals surface area contributed by atoms with Crippen molar-refractivity contribution in [3.63, 3.8) is 0 Å². The first kappa shape index (κ1) is 17.1. The molecule has 25 heavy (non-hydrogen) atoms.